The van der Waals surface area contributed by atoms with Gasteiger partial charge in [-0.25, -0.2) is 13.2 Å². The monoisotopic (exact) mass is 429 g/mol. The van der Waals surface area contributed by atoms with Crippen LogP contribution in [0.15, 0.2) is 41.2 Å². The van der Waals surface area contributed by atoms with Crippen molar-refractivity contribution in [2.45, 2.75) is 19.8 Å². The summed E-state index contributed by atoms with van der Waals surface area (Å²) in [4.78, 5) is 31.8. The van der Waals surface area contributed by atoms with Crippen molar-refractivity contribution in [2.24, 2.45) is 0 Å². The minimum atomic E-state index is -1.04. The smallest absolute Gasteiger partial charge is 0.252 e. The number of nitrogens with one attached hydrogen (secondary N) is 1. The number of hydrogen-bond acceptors (Lipinski definition) is 3. The van der Waals surface area contributed by atoms with Gasteiger partial charge >= 0.3 is 0 Å². The summed E-state index contributed by atoms with van der Waals surface area (Å²) in [5.74, 6) is -2.59. The molecule has 1 saturated heterocycles. The molecule has 0 aliphatic carbocycles. The van der Waals surface area contributed by atoms with E-state index in [0.29, 0.717) is 19.6 Å². The first kappa shape index (κ1) is 21.0. The number of anilines is 1. The van der Waals surface area contributed by atoms with Crippen LogP contribution in [0, 0.1) is 24.4 Å². The molecule has 1 aromatic heterocycles. The maximum absolute atomic E-state index is 14.3. The van der Waals surface area contributed by atoms with Gasteiger partial charge in [0, 0.05) is 42.8 Å². The predicted octanol–water partition coefficient (Wildman–Crippen LogP) is 3.54. The van der Waals surface area contributed by atoms with Crippen LogP contribution in [0.4, 0.5) is 18.9 Å². The number of hydrogen-bond donors (Lipinski definition) is 1. The van der Waals surface area contributed by atoms with Crippen molar-refractivity contribution in [3.8, 4) is 0 Å². The number of benzene rings is 2. The molecule has 4 rings (SSSR count). The van der Waals surface area contributed by atoms with E-state index in [2.05, 4.69) is 9.88 Å². The molecule has 1 amide bonds. The van der Waals surface area contributed by atoms with Crippen molar-refractivity contribution in [3.05, 3.63) is 75.3 Å². The van der Waals surface area contributed by atoms with Crippen LogP contribution in [0.1, 0.15) is 17.5 Å². The summed E-state index contributed by atoms with van der Waals surface area (Å²) in [6.45, 7) is 3.79. The average molecular weight is 429 g/mol. The second kappa shape index (κ2) is 8.45. The predicted molar refractivity (Wildman–Crippen MR) is 113 cm³/mol. The third kappa shape index (κ3) is 4.15. The van der Waals surface area contributed by atoms with E-state index in [0.717, 1.165) is 24.7 Å². The molecule has 8 heteroatoms. The lowest BCUT2D eigenvalue weighted by molar-refractivity contribution is -0.130. The van der Waals surface area contributed by atoms with Gasteiger partial charge in [0.1, 0.15) is 5.82 Å². The number of aromatic nitrogens is 1. The summed E-state index contributed by atoms with van der Waals surface area (Å²) >= 11 is 0. The standard InChI is InChI=1S/C23H22F3N3O2/c1-14-17(23(31)27-19-8-7-18(25)22(26)21(14)19)13-20(30)29-10-2-9-28(11-12-29)16-5-3-15(24)4-6-16/h3-8H,2,9-13H2,1H3,(H,27,31). The van der Waals surface area contributed by atoms with Gasteiger partial charge in [-0.15, -0.1) is 0 Å². The second-order valence-electron chi connectivity index (χ2n) is 7.72. The maximum atomic E-state index is 14.3. The topological polar surface area (TPSA) is 56.4 Å². The molecule has 0 atom stereocenters. The van der Waals surface area contributed by atoms with Gasteiger partial charge in [-0.2, -0.15) is 0 Å². The SMILES string of the molecule is Cc1c(CC(=O)N2CCCN(c3ccc(F)cc3)CC2)c(=O)[nH]c2ccc(F)c(F)c12. The number of halogens is 3. The zero-order chi connectivity index (χ0) is 22.1. The number of fused-ring (bicyclic) bond motifs is 1. The van der Waals surface area contributed by atoms with Crippen LogP contribution in [-0.2, 0) is 11.2 Å². The number of H-pyrrole nitrogens is 1. The van der Waals surface area contributed by atoms with Crippen molar-refractivity contribution >= 4 is 22.5 Å². The minimum absolute atomic E-state index is 0.0132. The van der Waals surface area contributed by atoms with Gasteiger partial charge < -0.3 is 14.8 Å². The Morgan fingerprint density at radius 2 is 1.74 bits per heavy atom. The molecule has 0 unspecified atom stereocenters. The molecule has 2 heterocycles. The van der Waals surface area contributed by atoms with Gasteiger partial charge in [-0.05, 0) is 55.3 Å². The lowest BCUT2D eigenvalue weighted by atomic mass is 10.0. The molecular formula is C23H22F3N3O2. The van der Waals surface area contributed by atoms with Crippen molar-refractivity contribution < 1.29 is 18.0 Å². The molecule has 162 valence electrons. The number of nitrogens with zero attached hydrogens (tertiary/aromatic N) is 2. The highest BCUT2D eigenvalue weighted by molar-refractivity contribution is 5.86. The first-order valence-corrected chi connectivity index (χ1v) is 10.1. The fraction of sp³-hybridized carbons (Fsp3) is 0.304. The van der Waals surface area contributed by atoms with E-state index >= 15 is 0 Å². The highest BCUT2D eigenvalue weighted by Crippen LogP contribution is 2.24. The summed E-state index contributed by atoms with van der Waals surface area (Å²) in [7, 11) is 0. The zero-order valence-electron chi connectivity index (χ0n) is 17.1. The van der Waals surface area contributed by atoms with Crippen LogP contribution in [0.3, 0.4) is 0 Å². The van der Waals surface area contributed by atoms with E-state index in [1.807, 2.05) is 0 Å². The molecular weight excluding hydrogens is 407 g/mol. The molecule has 0 radical (unpaired) electrons. The normalized spacial score (nSPS) is 14.7. The number of carbonyl (C=O) groups is 1. The number of amides is 1. The summed E-state index contributed by atoms with van der Waals surface area (Å²) in [5.41, 5.74) is 1.01. The van der Waals surface area contributed by atoms with Gasteiger partial charge in [0.05, 0.1) is 11.9 Å². The van der Waals surface area contributed by atoms with Gasteiger partial charge in [0.15, 0.2) is 11.6 Å². The summed E-state index contributed by atoms with van der Waals surface area (Å²) in [6, 6.07) is 8.49. The summed E-state index contributed by atoms with van der Waals surface area (Å²) in [5, 5.41) is -0.0132. The van der Waals surface area contributed by atoms with Crippen LogP contribution in [-0.4, -0.2) is 42.0 Å². The number of aromatic amines is 1. The van der Waals surface area contributed by atoms with Crippen molar-refractivity contribution in [3.63, 3.8) is 0 Å². The third-order valence-electron chi connectivity index (χ3n) is 5.81. The molecule has 0 saturated carbocycles. The quantitative estimate of drug-likeness (QED) is 0.693. The van der Waals surface area contributed by atoms with Gasteiger partial charge in [0.25, 0.3) is 5.56 Å². The molecule has 3 aromatic rings. The van der Waals surface area contributed by atoms with Gasteiger partial charge in [-0.1, -0.05) is 0 Å². The third-order valence-corrected chi connectivity index (χ3v) is 5.81. The Balaban J connectivity index is 1.53. The van der Waals surface area contributed by atoms with Crippen molar-refractivity contribution in [1.82, 2.24) is 9.88 Å². The van der Waals surface area contributed by atoms with Crippen LogP contribution >= 0.6 is 0 Å². The number of carbonyl (C=O) groups excluding carboxylic acids is 1. The van der Waals surface area contributed by atoms with E-state index in [-0.39, 0.29) is 40.2 Å². The largest absolute Gasteiger partial charge is 0.370 e. The fourth-order valence-electron chi connectivity index (χ4n) is 4.09. The molecule has 0 spiro atoms. The fourth-order valence-corrected chi connectivity index (χ4v) is 4.09. The zero-order valence-corrected chi connectivity index (χ0v) is 17.1. The van der Waals surface area contributed by atoms with Crippen LogP contribution in [0.5, 0.6) is 0 Å². The molecule has 31 heavy (non-hydrogen) atoms. The van der Waals surface area contributed by atoms with Gasteiger partial charge in [0.2, 0.25) is 5.91 Å². The van der Waals surface area contributed by atoms with Crippen molar-refractivity contribution in [2.75, 3.05) is 31.1 Å². The van der Waals surface area contributed by atoms with Crippen LogP contribution in [0.25, 0.3) is 10.9 Å². The Kier molecular flexibility index (Phi) is 5.71. The Hall–Kier alpha value is -3.29. The van der Waals surface area contributed by atoms with E-state index in [9.17, 15) is 22.8 Å². The molecule has 1 N–H and O–H groups in total. The Morgan fingerprint density at radius 1 is 1.00 bits per heavy atom. The Labute approximate surface area is 177 Å². The number of aryl methyl sites for hydroxylation is 1. The van der Waals surface area contributed by atoms with Crippen LogP contribution < -0.4 is 10.5 Å². The lowest BCUT2D eigenvalue weighted by Gasteiger charge is -2.24. The first-order valence-electron chi connectivity index (χ1n) is 10.1. The highest BCUT2D eigenvalue weighted by atomic mass is 19.2. The van der Waals surface area contributed by atoms with Gasteiger partial charge in [-0.3, -0.25) is 9.59 Å². The average Bonchev–Trinajstić information content (AvgIpc) is 3.00. The van der Waals surface area contributed by atoms with E-state index < -0.39 is 17.2 Å². The Bertz CT molecular complexity index is 1190. The second-order valence-corrected chi connectivity index (χ2v) is 7.72. The molecule has 2 aromatic carbocycles. The highest BCUT2D eigenvalue weighted by Gasteiger charge is 2.23. The van der Waals surface area contributed by atoms with E-state index in [1.54, 1.807) is 17.0 Å². The number of rotatable bonds is 3. The maximum Gasteiger partial charge on any atom is 0.252 e. The van der Waals surface area contributed by atoms with Crippen LogP contribution in [0.2, 0.25) is 0 Å². The van der Waals surface area contributed by atoms with Crippen molar-refractivity contribution in [1.29, 1.82) is 0 Å². The minimum Gasteiger partial charge on any atom is -0.370 e. The Morgan fingerprint density at radius 3 is 2.48 bits per heavy atom. The number of pyridine rings is 1. The molecule has 0 bridgehead atoms. The molecule has 1 aliphatic heterocycles. The molecule has 5 nitrogen and oxygen atoms in total. The molecule has 1 fully saturated rings. The first-order chi connectivity index (χ1) is 14.8. The summed E-state index contributed by atoms with van der Waals surface area (Å²) < 4.78 is 41.2. The lowest BCUT2D eigenvalue weighted by Crippen LogP contribution is -2.37. The molecule has 1 aliphatic rings. The summed E-state index contributed by atoms with van der Waals surface area (Å²) in [6.07, 6.45) is 0.527. The van der Waals surface area contributed by atoms with E-state index in [4.69, 9.17) is 0 Å². The van der Waals surface area contributed by atoms with E-state index in [1.165, 1.54) is 25.1 Å².